The Morgan fingerprint density at radius 3 is 2.81 bits per heavy atom. The molecule has 0 aromatic heterocycles. The summed E-state index contributed by atoms with van der Waals surface area (Å²) in [4.78, 5) is 24.9. The van der Waals surface area contributed by atoms with Gasteiger partial charge in [0.25, 0.3) is 5.92 Å². The number of aryl methyl sites for hydroxylation is 1. The van der Waals surface area contributed by atoms with Gasteiger partial charge in [0, 0.05) is 6.54 Å². The number of carbonyl (C=O) groups is 2. The van der Waals surface area contributed by atoms with E-state index in [1.165, 1.54) is 6.08 Å². The molecule has 1 aromatic rings. The zero-order valence-corrected chi connectivity index (χ0v) is 16.9. The number of ether oxygens (including phenoxy) is 1. The van der Waals surface area contributed by atoms with Crippen LogP contribution in [0.15, 0.2) is 60.2 Å². The van der Waals surface area contributed by atoms with Gasteiger partial charge in [0.1, 0.15) is 12.7 Å². The summed E-state index contributed by atoms with van der Waals surface area (Å²) < 4.78 is 31.6. The molecule has 1 saturated heterocycles. The summed E-state index contributed by atoms with van der Waals surface area (Å²) in [6.07, 6.45) is 6.88. The van der Waals surface area contributed by atoms with Gasteiger partial charge in [-0.25, -0.2) is 9.59 Å². The number of benzene rings is 1. The maximum absolute atomic E-state index is 13.2. The van der Waals surface area contributed by atoms with Gasteiger partial charge in [-0.05, 0) is 55.0 Å². The number of hydrogen-bond donors (Lipinski definition) is 2. The van der Waals surface area contributed by atoms with E-state index in [0.717, 1.165) is 11.6 Å². The molecule has 0 bridgehead atoms. The van der Waals surface area contributed by atoms with Crippen LogP contribution >= 0.6 is 0 Å². The molecule has 1 aromatic carbocycles. The number of nitrogens with zero attached hydrogens (tertiary/aromatic N) is 1. The first kappa shape index (κ1) is 22.7. The molecule has 0 saturated carbocycles. The van der Waals surface area contributed by atoms with Crippen molar-refractivity contribution in [3.05, 3.63) is 71.3 Å². The zero-order chi connectivity index (χ0) is 22.4. The Hall–Kier alpha value is -3.00. The molecule has 1 fully saturated rings. The van der Waals surface area contributed by atoms with E-state index in [1.807, 2.05) is 12.2 Å². The van der Waals surface area contributed by atoms with Crippen molar-refractivity contribution in [3.8, 4) is 0 Å². The lowest BCUT2D eigenvalue weighted by atomic mass is 9.98. The van der Waals surface area contributed by atoms with Gasteiger partial charge >= 0.3 is 12.1 Å². The Morgan fingerprint density at radius 2 is 2.06 bits per heavy atom. The lowest BCUT2D eigenvalue weighted by molar-refractivity contribution is -0.0469. The standard InChI is InChI=1S/C23H25F2NO5/c24-23(25)12-11-16(14-20(23)27)6-1-3-9-18-15-31-22(30)26(18)13-5-8-17-7-2-4-10-19(17)21(28)29/h2-4,7,9-12,14,18,20,27H,1,5-6,8,13,15H2,(H,28,29). The quantitative estimate of drug-likeness (QED) is 0.576. The highest BCUT2D eigenvalue weighted by atomic mass is 19.3. The second kappa shape index (κ2) is 9.87. The van der Waals surface area contributed by atoms with E-state index in [0.29, 0.717) is 43.9 Å². The molecule has 2 N–H and O–H groups in total. The van der Waals surface area contributed by atoms with E-state index < -0.39 is 24.1 Å². The third-order valence-corrected chi connectivity index (χ3v) is 5.35. The lowest BCUT2D eigenvalue weighted by Gasteiger charge is -2.21. The predicted molar refractivity (Wildman–Crippen MR) is 110 cm³/mol. The van der Waals surface area contributed by atoms with Crippen LogP contribution in [-0.4, -0.2) is 58.4 Å². The van der Waals surface area contributed by atoms with Crippen molar-refractivity contribution in [2.45, 2.75) is 43.8 Å². The fourth-order valence-corrected chi connectivity index (χ4v) is 3.62. The minimum absolute atomic E-state index is 0.229. The summed E-state index contributed by atoms with van der Waals surface area (Å²) in [6, 6.07) is 6.56. The Labute approximate surface area is 179 Å². The highest BCUT2D eigenvalue weighted by Crippen LogP contribution is 2.28. The van der Waals surface area contributed by atoms with E-state index >= 15 is 0 Å². The Morgan fingerprint density at radius 1 is 1.29 bits per heavy atom. The fraction of sp³-hybridized carbons (Fsp3) is 0.391. The molecule has 0 radical (unpaired) electrons. The first-order chi connectivity index (χ1) is 14.8. The van der Waals surface area contributed by atoms with Crippen LogP contribution in [0.3, 0.4) is 0 Å². The summed E-state index contributed by atoms with van der Waals surface area (Å²) in [5, 5.41) is 18.7. The molecule has 2 unspecified atom stereocenters. The van der Waals surface area contributed by atoms with Crippen molar-refractivity contribution in [1.82, 2.24) is 4.90 Å². The largest absolute Gasteiger partial charge is 0.478 e. The van der Waals surface area contributed by atoms with Crippen molar-refractivity contribution in [2.75, 3.05) is 13.2 Å². The number of aliphatic hydroxyl groups excluding tert-OH is 1. The first-order valence-corrected chi connectivity index (χ1v) is 10.1. The SMILES string of the molecule is O=C(O)c1ccccc1CCCN1C(=O)OCC1C=CCCC1=CC(O)C(F)(F)C=C1. The van der Waals surface area contributed by atoms with Crippen molar-refractivity contribution in [1.29, 1.82) is 0 Å². The van der Waals surface area contributed by atoms with Crippen LogP contribution in [0.5, 0.6) is 0 Å². The molecule has 31 heavy (non-hydrogen) atoms. The third kappa shape index (κ3) is 5.79. The van der Waals surface area contributed by atoms with Crippen LogP contribution in [0.25, 0.3) is 0 Å². The summed E-state index contributed by atoms with van der Waals surface area (Å²) in [7, 11) is 0. The molecule has 1 aliphatic carbocycles. The fourth-order valence-electron chi connectivity index (χ4n) is 3.62. The Bertz CT molecular complexity index is 909. The number of carbonyl (C=O) groups excluding carboxylic acids is 1. The van der Waals surface area contributed by atoms with Crippen molar-refractivity contribution >= 4 is 12.1 Å². The molecule has 2 aliphatic rings. The minimum Gasteiger partial charge on any atom is -0.478 e. The van der Waals surface area contributed by atoms with Crippen LogP contribution in [0, 0.1) is 0 Å². The normalized spacial score (nSPS) is 22.6. The second-order valence-electron chi connectivity index (χ2n) is 7.56. The molecule has 1 amide bonds. The monoisotopic (exact) mass is 433 g/mol. The van der Waals surface area contributed by atoms with Gasteiger partial charge in [-0.15, -0.1) is 0 Å². The van der Waals surface area contributed by atoms with Gasteiger partial charge in [0.15, 0.2) is 0 Å². The van der Waals surface area contributed by atoms with Gasteiger partial charge in [-0.1, -0.05) is 36.4 Å². The summed E-state index contributed by atoms with van der Waals surface area (Å²) >= 11 is 0. The molecule has 3 rings (SSSR count). The molecule has 0 spiro atoms. The molecular weight excluding hydrogens is 408 g/mol. The second-order valence-corrected chi connectivity index (χ2v) is 7.56. The van der Waals surface area contributed by atoms with Gasteiger partial charge < -0.3 is 14.9 Å². The number of carboxylic acids is 1. The summed E-state index contributed by atoms with van der Waals surface area (Å²) in [6.45, 7) is 0.658. The van der Waals surface area contributed by atoms with Crippen LogP contribution in [0.2, 0.25) is 0 Å². The van der Waals surface area contributed by atoms with E-state index in [1.54, 1.807) is 29.2 Å². The molecule has 166 valence electrons. The number of carboxylic acid groups (broad SMARTS) is 1. The number of rotatable bonds is 9. The van der Waals surface area contributed by atoms with Crippen molar-refractivity contribution < 1.29 is 33.3 Å². The molecular formula is C23H25F2NO5. The number of hydrogen-bond acceptors (Lipinski definition) is 4. The van der Waals surface area contributed by atoms with Gasteiger partial charge in [-0.2, -0.15) is 8.78 Å². The first-order valence-electron chi connectivity index (χ1n) is 10.1. The van der Waals surface area contributed by atoms with Gasteiger partial charge in [0.05, 0.1) is 11.6 Å². The lowest BCUT2D eigenvalue weighted by Crippen LogP contribution is -2.33. The van der Waals surface area contributed by atoms with Gasteiger partial charge in [-0.3, -0.25) is 4.90 Å². The summed E-state index contributed by atoms with van der Waals surface area (Å²) in [5.41, 5.74) is 1.61. The molecule has 6 nitrogen and oxygen atoms in total. The van der Waals surface area contributed by atoms with Gasteiger partial charge in [0.2, 0.25) is 0 Å². The third-order valence-electron chi connectivity index (χ3n) is 5.35. The maximum atomic E-state index is 13.2. The predicted octanol–water partition coefficient (Wildman–Crippen LogP) is 3.97. The van der Waals surface area contributed by atoms with E-state index in [4.69, 9.17) is 4.74 Å². The molecule has 1 heterocycles. The average molecular weight is 433 g/mol. The van der Waals surface area contributed by atoms with E-state index in [-0.39, 0.29) is 18.2 Å². The Kier molecular flexibility index (Phi) is 7.22. The average Bonchev–Trinajstić information content (AvgIpc) is 3.08. The smallest absolute Gasteiger partial charge is 0.410 e. The number of alkyl halides is 2. The highest BCUT2D eigenvalue weighted by molar-refractivity contribution is 5.89. The van der Waals surface area contributed by atoms with Crippen LogP contribution in [0.1, 0.15) is 35.2 Å². The van der Waals surface area contributed by atoms with Crippen molar-refractivity contribution in [2.24, 2.45) is 0 Å². The number of halogens is 2. The maximum Gasteiger partial charge on any atom is 0.410 e. The number of cyclic esters (lactones) is 1. The molecule has 1 aliphatic heterocycles. The van der Waals surface area contributed by atoms with E-state index in [9.17, 15) is 28.6 Å². The van der Waals surface area contributed by atoms with Crippen LogP contribution in [0.4, 0.5) is 13.6 Å². The zero-order valence-electron chi connectivity index (χ0n) is 16.9. The minimum atomic E-state index is -3.23. The number of aromatic carboxylic acids is 1. The topological polar surface area (TPSA) is 87.1 Å². The molecule has 2 atom stereocenters. The van der Waals surface area contributed by atoms with Crippen molar-refractivity contribution in [3.63, 3.8) is 0 Å². The number of amides is 1. The van der Waals surface area contributed by atoms with Crippen LogP contribution < -0.4 is 0 Å². The Balaban J connectivity index is 1.49. The van der Waals surface area contributed by atoms with E-state index in [2.05, 4.69) is 0 Å². The number of aliphatic hydroxyl groups is 1. The summed E-state index contributed by atoms with van der Waals surface area (Å²) in [5.74, 6) is -4.21. The number of allylic oxidation sites excluding steroid dienone is 3. The van der Waals surface area contributed by atoms with Crippen LogP contribution in [-0.2, 0) is 11.2 Å². The molecule has 8 heteroatoms. The highest BCUT2D eigenvalue weighted by Gasteiger charge is 2.36.